The molecule has 1 rings (SSSR count). The van der Waals surface area contributed by atoms with Crippen molar-refractivity contribution in [2.75, 3.05) is 18.5 Å². The maximum Gasteiger partial charge on any atom is 0.324 e. The maximum absolute atomic E-state index is 5.71. The van der Waals surface area contributed by atoms with E-state index in [0.29, 0.717) is 24.6 Å². The molecule has 1 atom stereocenters. The molecule has 0 amide bonds. The largest absolute Gasteiger partial charge is 0.463 e. The van der Waals surface area contributed by atoms with Gasteiger partial charge in [0, 0.05) is 6.54 Å². The molecule has 0 bridgehead atoms. The van der Waals surface area contributed by atoms with E-state index in [-0.39, 0.29) is 6.10 Å². The molecule has 0 spiro atoms. The van der Waals surface area contributed by atoms with E-state index in [1.807, 2.05) is 13.8 Å². The third-order valence-corrected chi connectivity index (χ3v) is 2.56. The van der Waals surface area contributed by atoms with Gasteiger partial charge in [0.2, 0.25) is 5.95 Å². The molecule has 114 valence electrons. The smallest absolute Gasteiger partial charge is 0.324 e. The summed E-state index contributed by atoms with van der Waals surface area (Å²) in [7, 11) is 0. The SMILES string of the molecule is CCCNc1nc(OCCC)nc(OC(C)CCC)n1. The Kier molecular flexibility index (Phi) is 7.69. The summed E-state index contributed by atoms with van der Waals surface area (Å²) in [5.41, 5.74) is 0. The molecular weight excluding hydrogens is 256 g/mol. The fraction of sp³-hybridized carbons (Fsp3) is 0.786. The number of rotatable bonds is 10. The fourth-order valence-electron chi connectivity index (χ4n) is 1.61. The van der Waals surface area contributed by atoms with Crippen molar-refractivity contribution < 1.29 is 9.47 Å². The average Bonchev–Trinajstić information content (AvgIpc) is 2.43. The highest BCUT2D eigenvalue weighted by Crippen LogP contribution is 2.15. The van der Waals surface area contributed by atoms with Crippen molar-refractivity contribution in [3.63, 3.8) is 0 Å². The summed E-state index contributed by atoms with van der Waals surface area (Å²) < 4.78 is 11.2. The minimum Gasteiger partial charge on any atom is -0.463 e. The van der Waals surface area contributed by atoms with Crippen LogP contribution in [0.1, 0.15) is 53.4 Å². The average molecular weight is 282 g/mol. The molecular formula is C14H26N4O2. The van der Waals surface area contributed by atoms with Crippen molar-refractivity contribution >= 4 is 5.95 Å². The lowest BCUT2D eigenvalue weighted by molar-refractivity contribution is 0.187. The lowest BCUT2D eigenvalue weighted by atomic mass is 10.2. The van der Waals surface area contributed by atoms with Crippen molar-refractivity contribution in [1.82, 2.24) is 15.0 Å². The van der Waals surface area contributed by atoms with E-state index in [1.54, 1.807) is 0 Å². The van der Waals surface area contributed by atoms with Crippen molar-refractivity contribution in [2.24, 2.45) is 0 Å². The Bertz CT molecular complexity index is 361. The van der Waals surface area contributed by atoms with Crippen LogP contribution in [0.5, 0.6) is 12.0 Å². The molecule has 0 radical (unpaired) electrons. The molecule has 0 fully saturated rings. The Labute approximate surface area is 121 Å². The van der Waals surface area contributed by atoms with E-state index < -0.39 is 0 Å². The highest BCUT2D eigenvalue weighted by molar-refractivity contribution is 5.27. The molecule has 0 saturated carbocycles. The summed E-state index contributed by atoms with van der Waals surface area (Å²) in [6, 6.07) is 0.643. The van der Waals surface area contributed by atoms with Crippen LogP contribution in [0, 0.1) is 0 Å². The molecule has 6 nitrogen and oxygen atoms in total. The first-order chi connectivity index (χ1) is 9.69. The molecule has 0 aliphatic heterocycles. The number of nitrogens with zero attached hydrogens (tertiary/aromatic N) is 3. The van der Waals surface area contributed by atoms with Gasteiger partial charge in [-0.1, -0.05) is 27.2 Å². The van der Waals surface area contributed by atoms with E-state index in [2.05, 4.69) is 34.1 Å². The van der Waals surface area contributed by atoms with Gasteiger partial charge < -0.3 is 14.8 Å². The zero-order valence-electron chi connectivity index (χ0n) is 13.0. The normalized spacial score (nSPS) is 12.0. The number of nitrogens with one attached hydrogen (secondary N) is 1. The molecule has 1 N–H and O–H groups in total. The molecule has 1 unspecified atom stereocenters. The number of anilines is 1. The Morgan fingerprint density at radius 2 is 1.75 bits per heavy atom. The van der Waals surface area contributed by atoms with Crippen LogP contribution in [0.2, 0.25) is 0 Å². The predicted molar refractivity (Wildman–Crippen MR) is 79.4 cm³/mol. The molecule has 0 saturated heterocycles. The molecule has 6 heteroatoms. The van der Waals surface area contributed by atoms with Gasteiger partial charge in [-0.3, -0.25) is 0 Å². The number of hydrogen-bond acceptors (Lipinski definition) is 6. The lowest BCUT2D eigenvalue weighted by Crippen LogP contribution is -2.15. The van der Waals surface area contributed by atoms with Gasteiger partial charge in [0.15, 0.2) is 0 Å². The van der Waals surface area contributed by atoms with Crippen molar-refractivity contribution in [2.45, 2.75) is 59.5 Å². The molecule has 1 aromatic heterocycles. The highest BCUT2D eigenvalue weighted by Gasteiger charge is 2.11. The molecule has 1 heterocycles. The van der Waals surface area contributed by atoms with Crippen LogP contribution < -0.4 is 14.8 Å². The van der Waals surface area contributed by atoms with Crippen LogP contribution in [0.3, 0.4) is 0 Å². The minimum absolute atomic E-state index is 0.0838. The zero-order valence-corrected chi connectivity index (χ0v) is 13.0. The topological polar surface area (TPSA) is 69.2 Å². The first-order valence-corrected chi connectivity index (χ1v) is 7.48. The predicted octanol–water partition coefficient (Wildman–Crippen LogP) is 3.05. The van der Waals surface area contributed by atoms with Gasteiger partial charge in [-0.2, -0.15) is 9.97 Å². The van der Waals surface area contributed by atoms with Crippen molar-refractivity contribution in [3.8, 4) is 12.0 Å². The molecule has 0 aliphatic rings. The van der Waals surface area contributed by atoms with E-state index >= 15 is 0 Å². The van der Waals surface area contributed by atoms with Crippen LogP contribution in [-0.4, -0.2) is 34.2 Å². The van der Waals surface area contributed by atoms with Gasteiger partial charge in [0.1, 0.15) is 0 Å². The minimum atomic E-state index is 0.0838. The molecule has 1 aromatic rings. The van der Waals surface area contributed by atoms with Gasteiger partial charge in [-0.05, 0) is 26.2 Å². The molecule has 0 aliphatic carbocycles. The first-order valence-electron chi connectivity index (χ1n) is 7.48. The van der Waals surface area contributed by atoms with E-state index in [9.17, 15) is 0 Å². The van der Waals surface area contributed by atoms with E-state index in [0.717, 1.165) is 32.2 Å². The van der Waals surface area contributed by atoms with Crippen molar-refractivity contribution in [1.29, 1.82) is 0 Å². The number of hydrogen-bond donors (Lipinski definition) is 1. The second-order valence-electron chi connectivity index (χ2n) is 4.72. The summed E-state index contributed by atoms with van der Waals surface area (Å²) in [4.78, 5) is 12.7. The van der Waals surface area contributed by atoms with Gasteiger partial charge in [-0.25, -0.2) is 0 Å². The Balaban J connectivity index is 2.78. The van der Waals surface area contributed by atoms with Gasteiger partial charge >= 0.3 is 12.0 Å². The fourth-order valence-corrected chi connectivity index (χ4v) is 1.61. The summed E-state index contributed by atoms with van der Waals surface area (Å²) in [6.07, 6.45) is 4.02. The number of ether oxygens (including phenoxy) is 2. The van der Waals surface area contributed by atoms with Crippen molar-refractivity contribution in [3.05, 3.63) is 0 Å². The van der Waals surface area contributed by atoms with Crippen LogP contribution in [0.25, 0.3) is 0 Å². The quantitative estimate of drug-likeness (QED) is 0.711. The van der Waals surface area contributed by atoms with Crippen LogP contribution in [0.4, 0.5) is 5.95 Å². The highest BCUT2D eigenvalue weighted by atomic mass is 16.5. The summed E-state index contributed by atoms with van der Waals surface area (Å²) >= 11 is 0. The maximum atomic E-state index is 5.71. The Morgan fingerprint density at radius 1 is 1.00 bits per heavy atom. The Morgan fingerprint density at radius 3 is 2.40 bits per heavy atom. The monoisotopic (exact) mass is 282 g/mol. The second-order valence-corrected chi connectivity index (χ2v) is 4.72. The van der Waals surface area contributed by atoms with Gasteiger partial charge in [0.05, 0.1) is 12.7 Å². The van der Waals surface area contributed by atoms with E-state index in [4.69, 9.17) is 9.47 Å². The summed E-state index contributed by atoms with van der Waals surface area (Å²) in [6.45, 7) is 9.65. The standard InChI is InChI=1S/C14H26N4O2/c1-5-8-11(4)20-14-17-12(15-9-6-2)16-13(18-14)19-10-7-3/h11H,5-10H2,1-4H3,(H,15,16,17,18). The van der Waals surface area contributed by atoms with E-state index in [1.165, 1.54) is 0 Å². The van der Waals surface area contributed by atoms with Crippen LogP contribution >= 0.6 is 0 Å². The van der Waals surface area contributed by atoms with Crippen LogP contribution in [0.15, 0.2) is 0 Å². The van der Waals surface area contributed by atoms with Crippen LogP contribution in [-0.2, 0) is 0 Å². The van der Waals surface area contributed by atoms with Gasteiger partial charge in [-0.15, -0.1) is 4.98 Å². The van der Waals surface area contributed by atoms with Gasteiger partial charge in [0.25, 0.3) is 0 Å². The zero-order chi connectivity index (χ0) is 14.8. The first kappa shape index (κ1) is 16.5. The number of aromatic nitrogens is 3. The third kappa shape index (κ3) is 6.04. The lowest BCUT2D eigenvalue weighted by Gasteiger charge is -2.13. The Hall–Kier alpha value is -1.59. The molecule has 0 aromatic carbocycles. The third-order valence-electron chi connectivity index (χ3n) is 2.56. The second kappa shape index (κ2) is 9.34. The summed E-state index contributed by atoms with van der Waals surface area (Å²) in [5, 5.41) is 3.13. The summed E-state index contributed by atoms with van der Waals surface area (Å²) in [5.74, 6) is 0.506. The molecule has 20 heavy (non-hydrogen) atoms.